The fraction of sp³-hybridized carbons (Fsp3) is 0.467. The Bertz CT molecular complexity index is 658. The number of hydrogen-bond donors (Lipinski definition) is 0. The van der Waals surface area contributed by atoms with Crippen molar-refractivity contribution in [3.63, 3.8) is 0 Å². The number of aromatic nitrogens is 4. The monoisotopic (exact) mass is 315 g/mol. The molecule has 2 aromatic heterocycles. The van der Waals surface area contributed by atoms with Gasteiger partial charge in [0.15, 0.2) is 0 Å². The van der Waals surface area contributed by atoms with Gasteiger partial charge in [0.25, 0.3) is 0 Å². The second kappa shape index (κ2) is 6.64. The topological polar surface area (TPSA) is 70.4 Å². The number of amides is 1. The van der Waals surface area contributed by atoms with Crippen LogP contribution in [0.4, 0.5) is 11.6 Å². The van der Waals surface area contributed by atoms with Gasteiger partial charge in [-0.05, 0) is 6.07 Å². The van der Waals surface area contributed by atoms with E-state index >= 15 is 0 Å². The fourth-order valence-electron chi connectivity index (χ4n) is 2.47. The summed E-state index contributed by atoms with van der Waals surface area (Å²) in [6, 6.07) is 3.84. The maximum absolute atomic E-state index is 11.9. The molecule has 2 aromatic rings. The Morgan fingerprint density at radius 1 is 1.30 bits per heavy atom. The van der Waals surface area contributed by atoms with Gasteiger partial charge >= 0.3 is 0 Å². The first kappa shape index (κ1) is 15.3. The van der Waals surface area contributed by atoms with Crippen LogP contribution in [0.25, 0.3) is 0 Å². The Balaban J connectivity index is 1.65. The molecule has 122 valence electrons. The number of nitrogens with zero attached hydrogens (tertiary/aromatic N) is 7. The van der Waals surface area contributed by atoms with Gasteiger partial charge in [-0.15, -0.1) is 0 Å². The van der Waals surface area contributed by atoms with Crippen LogP contribution in [-0.4, -0.2) is 70.8 Å². The lowest BCUT2D eigenvalue weighted by Crippen LogP contribution is -2.48. The molecule has 0 atom stereocenters. The van der Waals surface area contributed by atoms with Gasteiger partial charge in [-0.2, -0.15) is 5.10 Å². The number of hydrogen-bond acceptors (Lipinski definition) is 6. The van der Waals surface area contributed by atoms with Crippen LogP contribution in [0.2, 0.25) is 0 Å². The molecular formula is C15H21N7O. The zero-order valence-electron chi connectivity index (χ0n) is 13.5. The molecule has 0 spiro atoms. The molecule has 1 saturated heterocycles. The molecule has 0 N–H and O–H groups in total. The molecule has 3 heterocycles. The molecule has 0 aromatic carbocycles. The van der Waals surface area contributed by atoms with E-state index in [0.717, 1.165) is 31.3 Å². The highest BCUT2D eigenvalue weighted by atomic mass is 16.2. The van der Waals surface area contributed by atoms with Gasteiger partial charge in [-0.25, -0.2) is 9.97 Å². The number of piperazine rings is 1. The molecule has 1 aliphatic heterocycles. The van der Waals surface area contributed by atoms with Crippen molar-refractivity contribution in [2.75, 3.05) is 50.1 Å². The number of rotatable bonds is 5. The summed E-state index contributed by atoms with van der Waals surface area (Å²) in [6.07, 6.45) is 5.26. The van der Waals surface area contributed by atoms with Crippen molar-refractivity contribution in [1.29, 1.82) is 0 Å². The summed E-state index contributed by atoms with van der Waals surface area (Å²) in [5, 5.41) is 4.20. The predicted octanol–water partition coefficient (Wildman–Crippen LogP) is 0.0879. The highest BCUT2D eigenvalue weighted by Crippen LogP contribution is 2.18. The Morgan fingerprint density at radius 2 is 2.17 bits per heavy atom. The van der Waals surface area contributed by atoms with Crippen LogP contribution < -0.4 is 9.80 Å². The standard InChI is InChI=1S/C15H21N7O/c1-19(7-9-22-5-3-4-18-22)13-10-14(17-12-16-13)21-8-6-20(2)15(23)11-21/h3-5,10,12H,6-9,11H2,1-2H3. The maximum Gasteiger partial charge on any atom is 0.241 e. The number of likely N-dealkylation sites (N-methyl/N-ethyl adjacent to an activating group) is 2. The predicted molar refractivity (Wildman–Crippen MR) is 87.4 cm³/mol. The van der Waals surface area contributed by atoms with Gasteiger partial charge in [0.2, 0.25) is 5.91 Å². The van der Waals surface area contributed by atoms with E-state index < -0.39 is 0 Å². The second-order valence-electron chi connectivity index (χ2n) is 5.66. The summed E-state index contributed by atoms with van der Waals surface area (Å²) < 4.78 is 1.89. The van der Waals surface area contributed by atoms with Crippen molar-refractivity contribution in [3.05, 3.63) is 30.9 Å². The summed E-state index contributed by atoms with van der Waals surface area (Å²) in [6.45, 7) is 3.45. The lowest BCUT2D eigenvalue weighted by atomic mass is 10.3. The minimum Gasteiger partial charge on any atom is -0.358 e. The van der Waals surface area contributed by atoms with E-state index in [0.29, 0.717) is 13.1 Å². The van der Waals surface area contributed by atoms with Crippen LogP contribution >= 0.6 is 0 Å². The Kier molecular flexibility index (Phi) is 4.40. The summed E-state index contributed by atoms with van der Waals surface area (Å²) in [7, 11) is 3.82. The highest BCUT2D eigenvalue weighted by molar-refractivity contribution is 5.82. The lowest BCUT2D eigenvalue weighted by Gasteiger charge is -2.33. The molecule has 8 heteroatoms. The van der Waals surface area contributed by atoms with Crippen LogP contribution in [0, 0.1) is 0 Å². The first-order valence-corrected chi connectivity index (χ1v) is 7.63. The third kappa shape index (κ3) is 3.58. The largest absolute Gasteiger partial charge is 0.358 e. The van der Waals surface area contributed by atoms with E-state index in [1.54, 1.807) is 17.4 Å². The summed E-state index contributed by atoms with van der Waals surface area (Å²) >= 11 is 0. The quantitative estimate of drug-likeness (QED) is 0.779. The van der Waals surface area contributed by atoms with Crippen LogP contribution in [-0.2, 0) is 11.3 Å². The zero-order valence-corrected chi connectivity index (χ0v) is 13.5. The minimum atomic E-state index is 0.114. The van der Waals surface area contributed by atoms with Gasteiger partial charge in [0, 0.05) is 52.2 Å². The lowest BCUT2D eigenvalue weighted by molar-refractivity contribution is -0.129. The summed E-state index contributed by atoms with van der Waals surface area (Å²) in [4.78, 5) is 26.3. The van der Waals surface area contributed by atoms with Crippen LogP contribution in [0.1, 0.15) is 0 Å². The van der Waals surface area contributed by atoms with Gasteiger partial charge in [0.05, 0.1) is 13.1 Å². The Morgan fingerprint density at radius 3 is 2.91 bits per heavy atom. The third-order valence-electron chi connectivity index (χ3n) is 4.03. The second-order valence-corrected chi connectivity index (χ2v) is 5.66. The summed E-state index contributed by atoms with van der Waals surface area (Å²) in [5.74, 6) is 1.75. The van der Waals surface area contributed by atoms with Crippen molar-refractivity contribution >= 4 is 17.5 Å². The molecule has 3 rings (SSSR count). The average molecular weight is 315 g/mol. The SMILES string of the molecule is CN1CCN(c2cc(N(C)CCn3cccn3)ncn2)CC1=O. The molecule has 1 fully saturated rings. The van der Waals surface area contributed by atoms with Crippen LogP contribution in [0.15, 0.2) is 30.9 Å². The number of carbonyl (C=O) groups is 1. The molecule has 8 nitrogen and oxygen atoms in total. The molecule has 1 aliphatic rings. The maximum atomic E-state index is 11.9. The molecule has 0 saturated carbocycles. The van der Waals surface area contributed by atoms with Crippen molar-refractivity contribution in [3.8, 4) is 0 Å². The van der Waals surface area contributed by atoms with E-state index in [9.17, 15) is 4.79 Å². The van der Waals surface area contributed by atoms with E-state index in [1.807, 2.05) is 42.0 Å². The van der Waals surface area contributed by atoms with Crippen molar-refractivity contribution in [1.82, 2.24) is 24.6 Å². The van der Waals surface area contributed by atoms with Crippen molar-refractivity contribution in [2.24, 2.45) is 0 Å². The third-order valence-corrected chi connectivity index (χ3v) is 4.03. The molecule has 1 amide bonds. The van der Waals surface area contributed by atoms with Gasteiger partial charge in [-0.1, -0.05) is 0 Å². The highest BCUT2D eigenvalue weighted by Gasteiger charge is 2.22. The molecule has 0 radical (unpaired) electrons. The van der Waals surface area contributed by atoms with E-state index in [4.69, 9.17) is 0 Å². The number of anilines is 2. The van der Waals surface area contributed by atoms with Gasteiger partial charge < -0.3 is 14.7 Å². The zero-order chi connectivity index (χ0) is 16.2. The van der Waals surface area contributed by atoms with Crippen molar-refractivity contribution < 1.29 is 4.79 Å². The van der Waals surface area contributed by atoms with E-state index in [1.165, 1.54) is 0 Å². The summed E-state index contributed by atoms with van der Waals surface area (Å²) in [5.41, 5.74) is 0. The molecule has 0 unspecified atom stereocenters. The molecular weight excluding hydrogens is 294 g/mol. The Hall–Kier alpha value is -2.64. The molecule has 0 bridgehead atoms. The number of carbonyl (C=O) groups excluding carboxylic acids is 1. The first-order chi connectivity index (χ1) is 11.1. The fourth-order valence-corrected chi connectivity index (χ4v) is 2.47. The van der Waals surface area contributed by atoms with Gasteiger partial charge in [0.1, 0.15) is 18.0 Å². The Labute approximate surface area is 135 Å². The normalized spacial score (nSPS) is 15.1. The average Bonchev–Trinajstić information content (AvgIpc) is 3.09. The smallest absolute Gasteiger partial charge is 0.241 e. The van der Waals surface area contributed by atoms with Crippen LogP contribution in [0.5, 0.6) is 0 Å². The minimum absolute atomic E-state index is 0.114. The van der Waals surface area contributed by atoms with Crippen molar-refractivity contribution in [2.45, 2.75) is 6.54 Å². The first-order valence-electron chi connectivity index (χ1n) is 7.63. The van der Waals surface area contributed by atoms with Gasteiger partial charge in [-0.3, -0.25) is 9.48 Å². The molecule has 23 heavy (non-hydrogen) atoms. The van der Waals surface area contributed by atoms with E-state index in [-0.39, 0.29) is 5.91 Å². The van der Waals surface area contributed by atoms with E-state index in [2.05, 4.69) is 20.0 Å². The van der Waals surface area contributed by atoms with Crippen LogP contribution in [0.3, 0.4) is 0 Å². The molecule has 0 aliphatic carbocycles.